The van der Waals surface area contributed by atoms with Gasteiger partial charge in [0.2, 0.25) is 5.91 Å². The Morgan fingerprint density at radius 2 is 1.62 bits per heavy atom. The van der Waals surface area contributed by atoms with E-state index in [0.717, 1.165) is 16.9 Å². The van der Waals surface area contributed by atoms with E-state index in [2.05, 4.69) is 5.32 Å². The molecule has 0 saturated carbocycles. The highest BCUT2D eigenvalue weighted by molar-refractivity contribution is 5.79. The Hall–Kier alpha value is -2.82. The molecule has 2 rings (SSSR count). The van der Waals surface area contributed by atoms with E-state index in [1.165, 1.54) is 0 Å². The Kier molecular flexibility index (Phi) is 6.78. The third-order valence-corrected chi connectivity index (χ3v) is 4.54. The summed E-state index contributed by atoms with van der Waals surface area (Å²) in [4.78, 5) is 24.0. The molecular weight excluding hydrogens is 330 g/mol. The Labute approximate surface area is 154 Å². The largest absolute Gasteiger partial charge is 0.497 e. The number of carboxylic acid groups (broad SMARTS) is 1. The van der Waals surface area contributed by atoms with Crippen molar-refractivity contribution in [1.29, 1.82) is 0 Å². The summed E-state index contributed by atoms with van der Waals surface area (Å²) in [5, 5.41) is 12.3. The van der Waals surface area contributed by atoms with Gasteiger partial charge in [0.1, 0.15) is 5.75 Å². The monoisotopic (exact) mass is 355 g/mol. The van der Waals surface area contributed by atoms with Crippen LogP contribution in [0.4, 0.5) is 0 Å². The van der Waals surface area contributed by atoms with Gasteiger partial charge in [-0.3, -0.25) is 9.59 Å². The lowest BCUT2D eigenvalue weighted by Crippen LogP contribution is -2.36. The number of hydrogen-bond acceptors (Lipinski definition) is 3. The molecule has 1 amide bonds. The second-order valence-electron chi connectivity index (χ2n) is 6.46. The standard InChI is InChI=1S/C21H25NO4/c1-14(16-9-11-18(26-3)12-10-16)13-19(23)22-20(15(2)21(24)25)17-7-5-4-6-8-17/h4-12,14-15,20H,13H2,1-3H3,(H,22,23)(H,24,25). The molecule has 0 aliphatic heterocycles. The predicted molar refractivity (Wildman–Crippen MR) is 100 cm³/mol. The van der Waals surface area contributed by atoms with Crippen LogP contribution in [-0.4, -0.2) is 24.1 Å². The zero-order chi connectivity index (χ0) is 19.1. The smallest absolute Gasteiger partial charge is 0.308 e. The molecule has 0 fully saturated rings. The van der Waals surface area contributed by atoms with E-state index >= 15 is 0 Å². The lowest BCUT2D eigenvalue weighted by Gasteiger charge is -2.24. The first-order valence-electron chi connectivity index (χ1n) is 8.63. The van der Waals surface area contributed by atoms with E-state index in [1.54, 1.807) is 14.0 Å². The molecule has 0 aliphatic carbocycles. The summed E-state index contributed by atoms with van der Waals surface area (Å²) >= 11 is 0. The van der Waals surface area contributed by atoms with E-state index in [9.17, 15) is 14.7 Å². The van der Waals surface area contributed by atoms with Gasteiger partial charge in [-0.15, -0.1) is 0 Å². The fourth-order valence-corrected chi connectivity index (χ4v) is 2.86. The fraction of sp³-hybridized carbons (Fsp3) is 0.333. The Morgan fingerprint density at radius 1 is 1.00 bits per heavy atom. The number of aliphatic carboxylic acids is 1. The van der Waals surface area contributed by atoms with Crippen LogP contribution in [-0.2, 0) is 9.59 Å². The minimum atomic E-state index is -0.942. The summed E-state index contributed by atoms with van der Waals surface area (Å²) in [5.41, 5.74) is 1.82. The SMILES string of the molecule is COc1ccc(C(C)CC(=O)NC(c2ccccc2)C(C)C(=O)O)cc1. The minimum absolute atomic E-state index is 0.0115. The van der Waals surface area contributed by atoms with Crippen LogP contribution >= 0.6 is 0 Å². The molecule has 138 valence electrons. The summed E-state index contributed by atoms with van der Waals surface area (Å²) in [7, 11) is 1.61. The van der Waals surface area contributed by atoms with E-state index in [1.807, 2.05) is 61.5 Å². The van der Waals surface area contributed by atoms with Gasteiger partial charge in [0.15, 0.2) is 0 Å². The Morgan fingerprint density at radius 3 is 2.15 bits per heavy atom. The number of amides is 1. The van der Waals surface area contributed by atoms with E-state index in [0.29, 0.717) is 0 Å². The second kappa shape index (κ2) is 9.04. The number of methoxy groups -OCH3 is 1. The van der Waals surface area contributed by atoms with Gasteiger partial charge in [-0.2, -0.15) is 0 Å². The van der Waals surface area contributed by atoms with Crippen LogP contribution in [0.25, 0.3) is 0 Å². The van der Waals surface area contributed by atoms with E-state index in [-0.39, 0.29) is 18.2 Å². The van der Waals surface area contributed by atoms with Gasteiger partial charge >= 0.3 is 5.97 Å². The van der Waals surface area contributed by atoms with Crippen LogP contribution in [0.3, 0.4) is 0 Å². The van der Waals surface area contributed by atoms with Crippen molar-refractivity contribution in [2.24, 2.45) is 5.92 Å². The third kappa shape index (κ3) is 5.09. The van der Waals surface area contributed by atoms with Crippen molar-refractivity contribution in [3.05, 3.63) is 65.7 Å². The van der Waals surface area contributed by atoms with Crippen LogP contribution in [0.1, 0.15) is 43.4 Å². The number of carboxylic acids is 1. The average molecular weight is 355 g/mol. The van der Waals surface area contributed by atoms with Crippen LogP contribution in [0, 0.1) is 5.92 Å². The topological polar surface area (TPSA) is 75.6 Å². The highest BCUT2D eigenvalue weighted by atomic mass is 16.5. The van der Waals surface area contributed by atoms with Gasteiger partial charge in [0.05, 0.1) is 19.1 Å². The molecule has 3 atom stereocenters. The zero-order valence-corrected chi connectivity index (χ0v) is 15.3. The van der Waals surface area contributed by atoms with Gasteiger partial charge < -0.3 is 15.2 Å². The molecule has 3 unspecified atom stereocenters. The first-order valence-corrected chi connectivity index (χ1v) is 8.63. The molecule has 0 aliphatic rings. The second-order valence-corrected chi connectivity index (χ2v) is 6.46. The highest BCUT2D eigenvalue weighted by Crippen LogP contribution is 2.25. The zero-order valence-electron chi connectivity index (χ0n) is 15.3. The summed E-state index contributed by atoms with van der Waals surface area (Å²) in [5.74, 6) is -1.06. The Bertz CT molecular complexity index is 727. The molecule has 2 N–H and O–H groups in total. The maximum absolute atomic E-state index is 12.5. The van der Waals surface area contributed by atoms with Crippen LogP contribution in [0.2, 0.25) is 0 Å². The molecule has 0 aromatic heterocycles. The van der Waals surface area contributed by atoms with E-state index < -0.39 is 17.9 Å². The summed E-state index contributed by atoms with van der Waals surface area (Å²) in [6.45, 7) is 3.58. The van der Waals surface area contributed by atoms with Crippen molar-refractivity contribution in [2.45, 2.75) is 32.2 Å². The summed E-state index contributed by atoms with van der Waals surface area (Å²) in [6, 6.07) is 16.2. The van der Waals surface area contributed by atoms with Crippen molar-refractivity contribution in [1.82, 2.24) is 5.32 Å². The molecule has 0 saturated heterocycles. The molecule has 2 aromatic rings. The molecule has 26 heavy (non-hydrogen) atoms. The number of hydrogen-bond donors (Lipinski definition) is 2. The third-order valence-electron chi connectivity index (χ3n) is 4.54. The van der Waals surface area contributed by atoms with Crippen LogP contribution < -0.4 is 10.1 Å². The quantitative estimate of drug-likeness (QED) is 0.756. The number of nitrogens with one attached hydrogen (secondary N) is 1. The van der Waals surface area contributed by atoms with Gasteiger partial charge in [0, 0.05) is 6.42 Å². The lowest BCUT2D eigenvalue weighted by atomic mass is 9.93. The number of carbonyl (C=O) groups excluding carboxylic acids is 1. The molecule has 5 nitrogen and oxygen atoms in total. The first-order chi connectivity index (χ1) is 12.4. The van der Waals surface area contributed by atoms with Crippen molar-refractivity contribution in [2.75, 3.05) is 7.11 Å². The number of rotatable bonds is 8. The van der Waals surface area contributed by atoms with Crippen LogP contribution in [0.5, 0.6) is 5.75 Å². The van der Waals surface area contributed by atoms with Gasteiger partial charge in [-0.25, -0.2) is 0 Å². The maximum Gasteiger partial charge on any atom is 0.308 e. The number of benzene rings is 2. The molecule has 0 heterocycles. The summed E-state index contributed by atoms with van der Waals surface area (Å²) in [6.07, 6.45) is 0.280. The van der Waals surface area contributed by atoms with Gasteiger partial charge in [-0.1, -0.05) is 49.4 Å². The van der Waals surface area contributed by atoms with Crippen LogP contribution in [0.15, 0.2) is 54.6 Å². The first kappa shape index (κ1) is 19.5. The average Bonchev–Trinajstić information content (AvgIpc) is 2.66. The van der Waals surface area contributed by atoms with Crippen molar-refractivity contribution in [3.63, 3.8) is 0 Å². The molecule has 0 radical (unpaired) electrons. The normalized spacial score (nSPS) is 14.1. The van der Waals surface area contributed by atoms with Gasteiger partial charge in [-0.05, 0) is 36.1 Å². The Balaban J connectivity index is 2.07. The highest BCUT2D eigenvalue weighted by Gasteiger charge is 2.27. The molecular formula is C21H25NO4. The lowest BCUT2D eigenvalue weighted by molar-refractivity contribution is -0.142. The summed E-state index contributed by atoms with van der Waals surface area (Å²) < 4.78 is 5.15. The molecule has 2 aromatic carbocycles. The van der Waals surface area contributed by atoms with Crippen molar-refractivity contribution in [3.8, 4) is 5.75 Å². The van der Waals surface area contributed by atoms with Crippen molar-refractivity contribution >= 4 is 11.9 Å². The predicted octanol–water partition coefficient (Wildman–Crippen LogP) is 3.77. The molecule has 0 bridgehead atoms. The maximum atomic E-state index is 12.5. The number of carbonyl (C=O) groups is 2. The fourth-order valence-electron chi connectivity index (χ4n) is 2.86. The number of ether oxygens (including phenoxy) is 1. The van der Waals surface area contributed by atoms with Gasteiger partial charge in [0.25, 0.3) is 0 Å². The molecule has 5 heteroatoms. The van der Waals surface area contributed by atoms with Crippen molar-refractivity contribution < 1.29 is 19.4 Å². The molecule has 0 spiro atoms. The minimum Gasteiger partial charge on any atom is -0.497 e. The van der Waals surface area contributed by atoms with E-state index in [4.69, 9.17) is 4.74 Å².